The topological polar surface area (TPSA) is 85.5 Å². The highest BCUT2D eigenvalue weighted by atomic mass is 16.5. The third kappa shape index (κ3) is 3.91. The van der Waals surface area contributed by atoms with Gasteiger partial charge in [0.1, 0.15) is 12.4 Å². The summed E-state index contributed by atoms with van der Waals surface area (Å²) in [7, 11) is 0. The van der Waals surface area contributed by atoms with Crippen molar-refractivity contribution in [3.05, 3.63) is 90.0 Å². The number of hydrogen-bond donors (Lipinski definition) is 1. The summed E-state index contributed by atoms with van der Waals surface area (Å²) in [6.07, 6.45) is 0. The van der Waals surface area contributed by atoms with Gasteiger partial charge in [-0.1, -0.05) is 36.4 Å². The molecule has 0 spiro atoms. The number of carboxylic acid groups (broad SMARTS) is 1. The van der Waals surface area contributed by atoms with Crippen molar-refractivity contribution in [2.75, 3.05) is 0 Å². The molecule has 0 unspecified atom stereocenters. The van der Waals surface area contributed by atoms with Crippen molar-refractivity contribution < 1.29 is 19.1 Å². The summed E-state index contributed by atoms with van der Waals surface area (Å²) in [5, 5.41) is 17.2. The molecule has 0 aliphatic rings. The van der Waals surface area contributed by atoms with Gasteiger partial charge in [0, 0.05) is 11.1 Å². The molecule has 0 radical (unpaired) electrons. The highest BCUT2D eigenvalue weighted by Crippen LogP contribution is 2.26. The van der Waals surface area contributed by atoms with Crippen molar-refractivity contribution in [2.24, 2.45) is 0 Å². The maximum atomic E-state index is 11.1. The summed E-state index contributed by atoms with van der Waals surface area (Å²) in [5.41, 5.74) is 2.57. The Balaban J connectivity index is 1.48. The molecule has 4 rings (SSSR count). The number of aromatic carboxylic acids is 1. The molecule has 6 nitrogen and oxygen atoms in total. The molecular weight excluding hydrogens is 356 g/mol. The summed E-state index contributed by atoms with van der Waals surface area (Å²) >= 11 is 0. The molecular formula is C22H16N2O4. The first-order valence-electron chi connectivity index (χ1n) is 8.63. The molecule has 3 aromatic carbocycles. The molecule has 0 bridgehead atoms. The lowest BCUT2D eigenvalue weighted by Crippen LogP contribution is -1.95. The number of aromatic nitrogens is 2. The number of nitrogens with zero attached hydrogens (tertiary/aromatic N) is 2. The van der Waals surface area contributed by atoms with Gasteiger partial charge in [-0.2, -0.15) is 0 Å². The highest BCUT2D eigenvalue weighted by molar-refractivity contribution is 5.89. The van der Waals surface area contributed by atoms with Gasteiger partial charge < -0.3 is 14.3 Å². The number of carbonyl (C=O) groups is 1. The van der Waals surface area contributed by atoms with Crippen LogP contribution >= 0.6 is 0 Å². The Morgan fingerprint density at radius 1 is 0.857 bits per heavy atom. The molecule has 0 saturated carbocycles. The van der Waals surface area contributed by atoms with E-state index in [0.29, 0.717) is 18.1 Å². The van der Waals surface area contributed by atoms with E-state index in [4.69, 9.17) is 14.3 Å². The van der Waals surface area contributed by atoms with E-state index >= 15 is 0 Å². The smallest absolute Gasteiger partial charge is 0.335 e. The van der Waals surface area contributed by atoms with Crippen LogP contribution < -0.4 is 4.74 Å². The van der Waals surface area contributed by atoms with Crippen molar-refractivity contribution in [2.45, 2.75) is 6.61 Å². The number of carboxylic acids is 1. The molecule has 0 fully saturated rings. The second-order valence-electron chi connectivity index (χ2n) is 6.10. The van der Waals surface area contributed by atoms with Crippen LogP contribution in [-0.2, 0) is 6.61 Å². The number of ether oxygens (including phenoxy) is 1. The zero-order valence-electron chi connectivity index (χ0n) is 14.8. The minimum atomic E-state index is -1.01. The minimum absolute atomic E-state index is 0.164. The van der Waals surface area contributed by atoms with Gasteiger partial charge >= 0.3 is 5.97 Å². The number of benzene rings is 3. The van der Waals surface area contributed by atoms with Gasteiger partial charge in [-0.05, 0) is 48.0 Å². The molecule has 0 amide bonds. The van der Waals surface area contributed by atoms with Crippen molar-refractivity contribution in [1.29, 1.82) is 0 Å². The molecule has 0 aliphatic carbocycles. The van der Waals surface area contributed by atoms with E-state index in [0.717, 1.165) is 16.9 Å². The van der Waals surface area contributed by atoms with Crippen LogP contribution in [-0.4, -0.2) is 21.3 Å². The Kier molecular flexibility index (Phi) is 4.84. The molecule has 4 aromatic rings. The first-order valence-corrected chi connectivity index (χ1v) is 8.63. The number of rotatable bonds is 6. The van der Waals surface area contributed by atoms with Gasteiger partial charge in [0.25, 0.3) is 0 Å². The Labute approximate surface area is 161 Å². The summed E-state index contributed by atoms with van der Waals surface area (Å²) in [6.45, 7) is 0.491. The fourth-order valence-corrected chi connectivity index (χ4v) is 2.68. The maximum Gasteiger partial charge on any atom is 0.335 e. The molecule has 0 saturated heterocycles. The predicted octanol–water partition coefficient (Wildman–Crippen LogP) is 4.68. The molecule has 0 atom stereocenters. The van der Waals surface area contributed by atoms with E-state index in [2.05, 4.69) is 10.2 Å². The zero-order valence-corrected chi connectivity index (χ0v) is 14.8. The number of hydrogen-bond acceptors (Lipinski definition) is 5. The van der Waals surface area contributed by atoms with E-state index in [1.165, 1.54) is 12.1 Å². The lowest BCUT2D eigenvalue weighted by Gasteiger charge is -2.06. The average molecular weight is 372 g/mol. The van der Waals surface area contributed by atoms with E-state index in [1.807, 2.05) is 54.6 Å². The van der Waals surface area contributed by atoms with E-state index in [-0.39, 0.29) is 11.5 Å². The first kappa shape index (κ1) is 17.5. The van der Waals surface area contributed by atoms with Crippen LogP contribution in [0.3, 0.4) is 0 Å². The van der Waals surface area contributed by atoms with Crippen LogP contribution in [0.4, 0.5) is 0 Å². The van der Waals surface area contributed by atoms with Crippen LogP contribution in [0.1, 0.15) is 15.9 Å². The quantitative estimate of drug-likeness (QED) is 0.529. The molecule has 138 valence electrons. The normalized spacial score (nSPS) is 10.6. The SMILES string of the molecule is O=C(O)c1cccc(-c2nnc(-c3ccc(OCc4ccccc4)cc3)o2)c1. The van der Waals surface area contributed by atoms with Crippen molar-refractivity contribution >= 4 is 5.97 Å². The van der Waals surface area contributed by atoms with Crippen molar-refractivity contribution in [1.82, 2.24) is 10.2 Å². The van der Waals surface area contributed by atoms with E-state index in [1.54, 1.807) is 12.1 Å². The second-order valence-corrected chi connectivity index (χ2v) is 6.10. The molecule has 1 aromatic heterocycles. The summed E-state index contributed by atoms with van der Waals surface area (Å²) in [4.78, 5) is 11.1. The van der Waals surface area contributed by atoms with E-state index < -0.39 is 5.97 Å². The zero-order chi connectivity index (χ0) is 19.3. The fourth-order valence-electron chi connectivity index (χ4n) is 2.68. The Bertz CT molecular complexity index is 1090. The molecule has 0 aliphatic heterocycles. The predicted molar refractivity (Wildman–Crippen MR) is 103 cm³/mol. The van der Waals surface area contributed by atoms with Gasteiger partial charge in [0.15, 0.2) is 0 Å². The average Bonchev–Trinajstić information content (AvgIpc) is 3.24. The van der Waals surface area contributed by atoms with E-state index in [9.17, 15) is 4.79 Å². The standard InChI is InChI=1S/C22H16N2O4/c25-22(26)18-8-4-7-17(13-18)21-24-23-20(28-21)16-9-11-19(12-10-16)27-14-15-5-2-1-3-6-15/h1-13H,14H2,(H,25,26). The molecule has 28 heavy (non-hydrogen) atoms. The van der Waals surface area contributed by atoms with Gasteiger partial charge in [-0.3, -0.25) is 0 Å². The highest BCUT2D eigenvalue weighted by Gasteiger charge is 2.12. The Morgan fingerprint density at radius 2 is 1.57 bits per heavy atom. The third-order valence-electron chi connectivity index (χ3n) is 4.13. The Hall–Kier alpha value is -3.93. The van der Waals surface area contributed by atoms with Gasteiger partial charge in [0.05, 0.1) is 5.56 Å². The van der Waals surface area contributed by atoms with Crippen LogP contribution in [0, 0.1) is 0 Å². The summed E-state index contributed by atoms with van der Waals surface area (Å²) < 4.78 is 11.5. The van der Waals surface area contributed by atoms with Crippen LogP contribution in [0.15, 0.2) is 83.3 Å². The summed E-state index contributed by atoms with van der Waals surface area (Å²) in [5.74, 6) is 0.349. The van der Waals surface area contributed by atoms with Crippen LogP contribution in [0.5, 0.6) is 5.75 Å². The van der Waals surface area contributed by atoms with Crippen molar-refractivity contribution in [3.63, 3.8) is 0 Å². The van der Waals surface area contributed by atoms with Gasteiger partial charge in [-0.15, -0.1) is 10.2 Å². The first-order chi connectivity index (χ1) is 13.7. The molecule has 1 N–H and O–H groups in total. The van der Waals surface area contributed by atoms with Gasteiger partial charge in [0.2, 0.25) is 11.8 Å². The lowest BCUT2D eigenvalue weighted by molar-refractivity contribution is 0.0697. The molecule has 1 heterocycles. The van der Waals surface area contributed by atoms with Crippen molar-refractivity contribution in [3.8, 4) is 28.7 Å². The second kappa shape index (κ2) is 7.75. The van der Waals surface area contributed by atoms with Crippen LogP contribution in [0.2, 0.25) is 0 Å². The van der Waals surface area contributed by atoms with Crippen LogP contribution in [0.25, 0.3) is 22.9 Å². The fraction of sp³-hybridized carbons (Fsp3) is 0.0455. The Morgan fingerprint density at radius 3 is 2.29 bits per heavy atom. The summed E-state index contributed by atoms with van der Waals surface area (Å²) in [6, 6.07) is 23.7. The monoisotopic (exact) mass is 372 g/mol. The minimum Gasteiger partial charge on any atom is -0.489 e. The lowest BCUT2D eigenvalue weighted by atomic mass is 10.1. The van der Waals surface area contributed by atoms with Gasteiger partial charge in [-0.25, -0.2) is 4.79 Å². The molecule has 6 heteroatoms. The largest absolute Gasteiger partial charge is 0.489 e. The third-order valence-corrected chi connectivity index (χ3v) is 4.13. The maximum absolute atomic E-state index is 11.1.